The molecule has 0 spiro atoms. The number of hydrogen-bond acceptors (Lipinski definition) is 3. The summed E-state index contributed by atoms with van der Waals surface area (Å²) in [6.07, 6.45) is 0.743. The fourth-order valence-corrected chi connectivity index (χ4v) is 1.20. The van der Waals surface area contributed by atoms with Crippen molar-refractivity contribution in [2.24, 2.45) is 11.7 Å². The van der Waals surface area contributed by atoms with Crippen LogP contribution in [0.5, 0.6) is 0 Å². The van der Waals surface area contributed by atoms with Gasteiger partial charge in [0.1, 0.15) is 0 Å². The highest BCUT2D eigenvalue weighted by molar-refractivity contribution is 5.70. The van der Waals surface area contributed by atoms with Gasteiger partial charge in [0, 0.05) is 19.8 Å². The molecule has 1 fully saturated rings. The highest BCUT2D eigenvalue weighted by Crippen LogP contribution is 2.14. The maximum atomic E-state index is 10.4. The molecule has 0 aromatic rings. The predicted molar refractivity (Wildman–Crippen MR) is 36.4 cm³/mol. The zero-order chi connectivity index (χ0) is 7.56. The summed E-state index contributed by atoms with van der Waals surface area (Å²) in [5.74, 6) is -0.889. The van der Waals surface area contributed by atoms with Crippen LogP contribution in [0.1, 0.15) is 6.42 Å². The molecule has 0 aromatic carbocycles. The molecule has 1 unspecified atom stereocenters. The van der Waals surface area contributed by atoms with Crippen LogP contribution in [0.2, 0.25) is 0 Å². The Bertz CT molecular complexity index is 138. The highest BCUT2D eigenvalue weighted by atomic mass is 16.4. The number of rotatable bonds is 2. The molecule has 1 atom stereocenters. The van der Waals surface area contributed by atoms with Gasteiger partial charge >= 0.3 is 5.97 Å². The number of nitrogens with zero attached hydrogens (tertiary/aromatic N) is 1. The zero-order valence-corrected chi connectivity index (χ0v) is 5.79. The van der Waals surface area contributed by atoms with Crippen LogP contribution >= 0.6 is 0 Å². The third-order valence-corrected chi connectivity index (χ3v) is 1.88. The highest BCUT2D eigenvalue weighted by Gasteiger charge is 2.26. The van der Waals surface area contributed by atoms with E-state index in [0.717, 1.165) is 13.0 Å². The third kappa shape index (κ3) is 1.46. The number of carboxylic acids is 1. The quantitative estimate of drug-likeness (QED) is 0.538. The van der Waals surface area contributed by atoms with Crippen LogP contribution in [-0.4, -0.2) is 35.7 Å². The van der Waals surface area contributed by atoms with E-state index in [1.807, 2.05) is 4.90 Å². The van der Waals surface area contributed by atoms with Gasteiger partial charge in [-0.05, 0) is 6.42 Å². The van der Waals surface area contributed by atoms with Crippen LogP contribution in [0.4, 0.5) is 0 Å². The van der Waals surface area contributed by atoms with E-state index in [2.05, 4.69) is 0 Å². The van der Waals surface area contributed by atoms with Gasteiger partial charge in [-0.1, -0.05) is 0 Å². The summed E-state index contributed by atoms with van der Waals surface area (Å²) in [5.41, 5.74) is 5.33. The Balaban J connectivity index is 2.35. The zero-order valence-electron chi connectivity index (χ0n) is 5.79. The van der Waals surface area contributed by atoms with Crippen molar-refractivity contribution in [3.63, 3.8) is 0 Å². The fraction of sp³-hybridized carbons (Fsp3) is 0.833. The van der Waals surface area contributed by atoms with Gasteiger partial charge in [-0.3, -0.25) is 9.69 Å². The molecule has 1 aliphatic rings. The summed E-state index contributed by atoms with van der Waals surface area (Å²) in [5, 5.41) is 8.56. The minimum absolute atomic E-state index is 0.191. The topological polar surface area (TPSA) is 66.6 Å². The Labute approximate surface area is 59.6 Å². The first-order chi connectivity index (χ1) is 4.74. The lowest BCUT2D eigenvalue weighted by molar-refractivity contribution is -0.141. The molecular formula is C6H12N2O2. The van der Waals surface area contributed by atoms with E-state index in [0.29, 0.717) is 13.2 Å². The van der Waals surface area contributed by atoms with Crippen molar-refractivity contribution in [1.82, 2.24) is 4.90 Å². The standard InChI is InChI=1S/C6H12N2O2/c7-4-8-2-1-5(3-8)6(9)10/h5H,1-4,7H2,(H,9,10). The van der Waals surface area contributed by atoms with E-state index < -0.39 is 5.97 Å². The molecule has 0 amide bonds. The van der Waals surface area contributed by atoms with Crippen molar-refractivity contribution in [2.75, 3.05) is 19.8 Å². The second-order valence-electron chi connectivity index (χ2n) is 2.58. The van der Waals surface area contributed by atoms with Gasteiger partial charge in [-0.15, -0.1) is 0 Å². The monoisotopic (exact) mass is 144 g/mol. The number of carbonyl (C=O) groups is 1. The maximum absolute atomic E-state index is 10.4. The van der Waals surface area contributed by atoms with Crippen molar-refractivity contribution in [3.05, 3.63) is 0 Å². The van der Waals surface area contributed by atoms with Gasteiger partial charge in [0.2, 0.25) is 0 Å². The molecule has 0 aromatic heterocycles. The van der Waals surface area contributed by atoms with Crippen LogP contribution in [0.25, 0.3) is 0 Å². The molecular weight excluding hydrogens is 132 g/mol. The van der Waals surface area contributed by atoms with Gasteiger partial charge < -0.3 is 10.8 Å². The molecule has 1 saturated heterocycles. The van der Waals surface area contributed by atoms with Gasteiger partial charge in [0.15, 0.2) is 0 Å². The van der Waals surface area contributed by atoms with Crippen LogP contribution in [-0.2, 0) is 4.79 Å². The molecule has 4 heteroatoms. The first kappa shape index (κ1) is 7.50. The Morgan fingerprint density at radius 2 is 2.50 bits per heavy atom. The Morgan fingerprint density at radius 3 is 2.80 bits per heavy atom. The molecule has 1 heterocycles. The molecule has 4 nitrogen and oxygen atoms in total. The number of likely N-dealkylation sites (tertiary alicyclic amines) is 1. The Hall–Kier alpha value is -0.610. The molecule has 0 saturated carbocycles. The summed E-state index contributed by atoms with van der Waals surface area (Å²) in [4.78, 5) is 12.3. The fourth-order valence-electron chi connectivity index (χ4n) is 1.20. The van der Waals surface area contributed by atoms with Crippen LogP contribution in [0.3, 0.4) is 0 Å². The third-order valence-electron chi connectivity index (χ3n) is 1.88. The van der Waals surface area contributed by atoms with Gasteiger partial charge in [-0.25, -0.2) is 0 Å². The van der Waals surface area contributed by atoms with Crippen molar-refractivity contribution >= 4 is 5.97 Å². The average Bonchev–Trinajstić information content (AvgIpc) is 2.34. The van der Waals surface area contributed by atoms with E-state index in [-0.39, 0.29) is 5.92 Å². The molecule has 0 aliphatic carbocycles. The van der Waals surface area contributed by atoms with Gasteiger partial charge in [-0.2, -0.15) is 0 Å². The number of hydrogen-bond donors (Lipinski definition) is 2. The Morgan fingerprint density at radius 1 is 1.80 bits per heavy atom. The van der Waals surface area contributed by atoms with Crippen molar-refractivity contribution < 1.29 is 9.90 Å². The number of carboxylic acid groups (broad SMARTS) is 1. The number of aliphatic carboxylic acids is 1. The molecule has 1 rings (SSSR count). The molecule has 58 valence electrons. The Kier molecular flexibility index (Phi) is 2.24. The minimum atomic E-state index is -0.698. The molecule has 3 N–H and O–H groups in total. The number of nitrogens with two attached hydrogens (primary N) is 1. The summed E-state index contributed by atoms with van der Waals surface area (Å²) < 4.78 is 0. The summed E-state index contributed by atoms with van der Waals surface area (Å²) in [6, 6.07) is 0. The normalized spacial score (nSPS) is 27.1. The van der Waals surface area contributed by atoms with Crippen molar-refractivity contribution in [3.8, 4) is 0 Å². The smallest absolute Gasteiger partial charge is 0.307 e. The lowest BCUT2D eigenvalue weighted by Gasteiger charge is -2.09. The van der Waals surface area contributed by atoms with Crippen LogP contribution < -0.4 is 5.73 Å². The SMILES string of the molecule is NCN1CCC(C(=O)O)C1. The van der Waals surface area contributed by atoms with Crippen molar-refractivity contribution in [2.45, 2.75) is 6.42 Å². The molecule has 0 bridgehead atoms. The summed E-state index contributed by atoms with van der Waals surface area (Å²) in [7, 11) is 0. The van der Waals surface area contributed by atoms with Crippen molar-refractivity contribution in [1.29, 1.82) is 0 Å². The summed E-state index contributed by atoms with van der Waals surface area (Å²) >= 11 is 0. The van der Waals surface area contributed by atoms with E-state index in [1.54, 1.807) is 0 Å². The van der Waals surface area contributed by atoms with Crippen LogP contribution in [0, 0.1) is 5.92 Å². The lowest BCUT2D eigenvalue weighted by atomic mass is 10.1. The molecule has 0 radical (unpaired) electrons. The second kappa shape index (κ2) is 2.98. The van der Waals surface area contributed by atoms with Gasteiger partial charge in [0.25, 0.3) is 0 Å². The van der Waals surface area contributed by atoms with Crippen LogP contribution in [0.15, 0.2) is 0 Å². The first-order valence-corrected chi connectivity index (χ1v) is 3.39. The maximum Gasteiger partial charge on any atom is 0.307 e. The second-order valence-corrected chi connectivity index (χ2v) is 2.58. The average molecular weight is 144 g/mol. The summed E-state index contributed by atoms with van der Waals surface area (Å²) in [6.45, 7) is 1.92. The van der Waals surface area contributed by atoms with E-state index in [4.69, 9.17) is 10.8 Å². The minimum Gasteiger partial charge on any atom is -0.481 e. The largest absolute Gasteiger partial charge is 0.481 e. The van der Waals surface area contributed by atoms with E-state index in [9.17, 15) is 4.79 Å². The van der Waals surface area contributed by atoms with Gasteiger partial charge in [0.05, 0.1) is 5.92 Å². The first-order valence-electron chi connectivity index (χ1n) is 3.39. The molecule has 1 aliphatic heterocycles. The molecule has 10 heavy (non-hydrogen) atoms. The predicted octanol–water partition coefficient (Wildman–Crippen LogP) is -0.691. The lowest BCUT2D eigenvalue weighted by Crippen LogP contribution is -2.28. The van der Waals surface area contributed by atoms with E-state index in [1.165, 1.54) is 0 Å². The van der Waals surface area contributed by atoms with E-state index >= 15 is 0 Å².